The van der Waals surface area contributed by atoms with E-state index in [1.54, 1.807) is 18.2 Å². The number of benzene rings is 2. The molecule has 0 radical (unpaired) electrons. The lowest BCUT2D eigenvalue weighted by Gasteiger charge is -2.19. The molecule has 0 unspecified atom stereocenters. The molecule has 0 saturated heterocycles. The average Bonchev–Trinajstić information content (AvgIpc) is 2.59. The molecule has 0 saturated carbocycles. The lowest BCUT2D eigenvalue weighted by atomic mass is 9.92. The molecule has 3 rings (SSSR count). The van der Waals surface area contributed by atoms with Crippen molar-refractivity contribution in [3.05, 3.63) is 76.7 Å². The minimum Gasteiger partial charge on any atom is -0.439 e. The summed E-state index contributed by atoms with van der Waals surface area (Å²) in [5.74, 6) is 1.13. The molecule has 0 bridgehead atoms. The molecule has 0 amide bonds. The van der Waals surface area contributed by atoms with Crippen LogP contribution in [0, 0.1) is 5.82 Å². The molecule has 0 fully saturated rings. The van der Waals surface area contributed by atoms with E-state index in [2.05, 4.69) is 30.7 Å². The van der Waals surface area contributed by atoms with Crippen LogP contribution < -0.4 is 4.74 Å². The molecular weight excluding hydrogens is 383 g/mol. The fourth-order valence-electron chi connectivity index (χ4n) is 2.33. The van der Waals surface area contributed by atoms with Gasteiger partial charge >= 0.3 is 0 Å². The van der Waals surface area contributed by atoms with Crippen molar-refractivity contribution in [3.8, 4) is 11.6 Å². The van der Waals surface area contributed by atoms with Crippen LogP contribution in [0.25, 0.3) is 0 Å². The molecule has 3 nitrogen and oxygen atoms in total. The summed E-state index contributed by atoms with van der Waals surface area (Å²) in [5.41, 5.74) is 1.77. The first-order valence-electron chi connectivity index (χ1n) is 8.50. The second-order valence-electron chi connectivity index (χ2n) is 7.10. The smallest absolute Gasteiger partial charge is 0.223 e. The number of nitrogens with zero attached hydrogens (tertiary/aromatic N) is 2. The van der Waals surface area contributed by atoms with Gasteiger partial charge in [-0.15, -0.1) is 0 Å². The van der Waals surface area contributed by atoms with Crippen LogP contribution in [-0.2, 0) is 11.2 Å². The standard InChI is InChI=1S/C21H20ClFN2OS/c1-21(2,3)18-12-19(26-17-9-5-8-16(23)11-17)25-20(24-18)27-13-14-6-4-7-15(22)10-14/h4-12H,13H2,1-3H3. The van der Waals surface area contributed by atoms with Crippen LogP contribution in [-0.4, -0.2) is 9.97 Å². The molecule has 0 aliphatic heterocycles. The topological polar surface area (TPSA) is 35.0 Å². The second kappa shape index (κ2) is 8.28. The third-order valence-electron chi connectivity index (χ3n) is 3.73. The highest BCUT2D eigenvalue weighted by Crippen LogP contribution is 2.30. The molecule has 6 heteroatoms. The van der Waals surface area contributed by atoms with Crippen LogP contribution in [0.2, 0.25) is 5.02 Å². The first-order chi connectivity index (χ1) is 12.8. The van der Waals surface area contributed by atoms with E-state index in [-0.39, 0.29) is 11.2 Å². The molecule has 1 aromatic heterocycles. The maximum absolute atomic E-state index is 13.4. The van der Waals surface area contributed by atoms with Crippen LogP contribution in [0.3, 0.4) is 0 Å². The van der Waals surface area contributed by atoms with Crippen LogP contribution >= 0.6 is 23.4 Å². The Kier molecular flexibility index (Phi) is 6.02. The van der Waals surface area contributed by atoms with E-state index in [4.69, 9.17) is 16.3 Å². The molecule has 0 atom stereocenters. The van der Waals surface area contributed by atoms with Crippen molar-refractivity contribution in [3.63, 3.8) is 0 Å². The van der Waals surface area contributed by atoms with Gasteiger partial charge in [-0.1, -0.05) is 62.3 Å². The number of hydrogen-bond donors (Lipinski definition) is 0. The maximum Gasteiger partial charge on any atom is 0.223 e. The first-order valence-corrected chi connectivity index (χ1v) is 9.86. The Morgan fingerprint density at radius 3 is 2.52 bits per heavy atom. The van der Waals surface area contributed by atoms with Gasteiger partial charge in [0.2, 0.25) is 5.88 Å². The lowest BCUT2D eigenvalue weighted by molar-refractivity contribution is 0.443. The van der Waals surface area contributed by atoms with Gasteiger partial charge in [0.05, 0.1) is 5.69 Å². The summed E-state index contributed by atoms with van der Waals surface area (Å²) in [7, 11) is 0. The minimum atomic E-state index is -0.354. The lowest BCUT2D eigenvalue weighted by Crippen LogP contribution is -2.14. The van der Waals surface area contributed by atoms with Crippen molar-refractivity contribution in [2.24, 2.45) is 0 Å². The number of rotatable bonds is 5. The zero-order valence-electron chi connectivity index (χ0n) is 15.4. The summed E-state index contributed by atoms with van der Waals surface area (Å²) in [6.45, 7) is 6.23. The summed E-state index contributed by atoms with van der Waals surface area (Å²) in [4.78, 5) is 9.15. The molecule has 3 aromatic rings. The quantitative estimate of drug-likeness (QED) is 0.353. The Bertz CT molecular complexity index is 943. The molecule has 140 valence electrons. The molecule has 27 heavy (non-hydrogen) atoms. The number of hydrogen-bond acceptors (Lipinski definition) is 4. The predicted molar refractivity (Wildman–Crippen MR) is 108 cm³/mol. The van der Waals surface area contributed by atoms with Gasteiger partial charge in [0, 0.05) is 28.3 Å². The van der Waals surface area contributed by atoms with E-state index in [0.29, 0.717) is 27.6 Å². The van der Waals surface area contributed by atoms with Crippen LogP contribution in [0.4, 0.5) is 4.39 Å². The van der Waals surface area contributed by atoms with E-state index in [1.165, 1.54) is 23.9 Å². The monoisotopic (exact) mass is 402 g/mol. The van der Waals surface area contributed by atoms with E-state index in [9.17, 15) is 4.39 Å². The fourth-order valence-corrected chi connectivity index (χ4v) is 3.34. The molecule has 0 spiro atoms. The number of halogens is 2. The third kappa shape index (κ3) is 5.68. The van der Waals surface area contributed by atoms with Crippen molar-refractivity contribution >= 4 is 23.4 Å². The largest absolute Gasteiger partial charge is 0.439 e. The van der Waals surface area contributed by atoms with Crippen molar-refractivity contribution in [1.82, 2.24) is 9.97 Å². The number of aromatic nitrogens is 2. The van der Waals surface area contributed by atoms with Crippen molar-refractivity contribution < 1.29 is 9.13 Å². The Labute approximate surface area is 168 Å². The molecule has 0 N–H and O–H groups in total. The average molecular weight is 403 g/mol. The van der Waals surface area contributed by atoms with Crippen molar-refractivity contribution in [1.29, 1.82) is 0 Å². The number of ether oxygens (including phenoxy) is 1. The molecular formula is C21H20ClFN2OS. The fraction of sp³-hybridized carbons (Fsp3) is 0.238. The predicted octanol–water partition coefficient (Wildman–Crippen LogP) is 6.65. The van der Waals surface area contributed by atoms with E-state index >= 15 is 0 Å². The van der Waals surface area contributed by atoms with Gasteiger partial charge < -0.3 is 4.74 Å². The van der Waals surface area contributed by atoms with Crippen molar-refractivity contribution in [2.75, 3.05) is 0 Å². The molecule has 2 aromatic carbocycles. The summed E-state index contributed by atoms with van der Waals surface area (Å²) in [6.07, 6.45) is 0. The van der Waals surface area contributed by atoms with Gasteiger partial charge in [-0.25, -0.2) is 9.37 Å². The molecule has 0 aliphatic carbocycles. The van der Waals surface area contributed by atoms with E-state index in [0.717, 1.165) is 11.3 Å². The van der Waals surface area contributed by atoms with Gasteiger partial charge in [-0.2, -0.15) is 4.98 Å². The Balaban J connectivity index is 1.86. The first kappa shape index (κ1) is 19.6. The highest BCUT2D eigenvalue weighted by molar-refractivity contribution is 7.98. The van der Waals surface area contributed by atoms with Gasteiger partial charge in [0.15, 0.2) is 5.16 Å². The zero-order valence-corrected chi connectivity index (χ0v) is 16.9. The Morgan fingerprint density at radius 2 is 1.81 bits per heavy atom. The van der Waals surface area contributed by atoms with Gasteiger partial charge in [0.1, 0.15) is 11.6 Å². The highest BCUT2D eigenvalue weighted by Gasteiger charge is 2.19. The van der Waals surface area contributed by atoms with Gasteiger partial charge in [-0.3, -0.25) is 0 Å². The molecule has 1 heterocycles. The van der Waals surface area contributed by atoms with Crippen LogP contribution in [0.5, 0.6) is 11.6 Å². The van der Waals surface area contributed by atoms with Gasteiger partial charge in [0.25, 0.3) is 0 Å². The Morgan fingerprint density at radius 1 is 1.04 bits per heavy atom. The summed E-state index contributed by atoms with van der Waals surface area (Å²) in [5, 5.41) is 1.31. The van der Waals surface area contributed by atoms with Gasteiger partial charge in [-0.05, 0) is 29.8 Å². The zero-order chi connectivity index (χ0) is 19.4. The minimum absolute atomic E-state index is 0.172. The van der Waals surface area contributed by atoms with Crippen LogP contribution in [0.1, 0.15) is 32.0 Å². The second-order valence-corrected chi connectivity index (χ2v) is 8.48. The van der Waals surface area contributed by atoms with Crippen molar-refractivity contribution in [2.45, 2.75) is 37.1 Å². The third-order valence-corrected chi connectivity index (χ3v) is 4.88. The normalized spacial score (nSPS) is 11.4. The SMILES string of the molecule is CC(C)(C)c1cc(Oc2cccc(F)c2)nc(SCc2cccc(Cl)c2)n1. The summed E-state index contributed by atoms with van der Waals surface area (Å²) < 4.78 is 19.2. The highest BCUT2D eigenvalue weighted by atomic mass is 35.5. The summed E-state index contributed by atoms with van der Waals surface area (Å²) in [6, 6.07) is 15.5. The van der Waals surface area contributed by atoms with Crippen LogP contribution in [0.15, 0.2) is 59.8 Å². The van der Waals surface area contributed by atoms with E-state index in [1.807, 2.05) is 24.3 Å². The number of thioether (sulfide) groups is 1. The van der Waals surface area contributed by atoms with E-state index < -0.39 is 0 Å². The maximum atomic E-state index is 13.4. The molecule has 0 aliphatic rings. The summed E-state index contributed by atoms with van der Waals surface area (Å²) >= 11 is 7.55. The Hall–Kier alpha value is -2.11.